The Morgan fingerprint density at radius 3 is 2.72 bits per heavy atom. The molecule has 0 bridgehead atoms. The summed E-state index contributed by atoms with van der Waals surface area (Å²) in [6.07, 6.45) is 2.51. The second kappa shape index (κ2) is 3.93. The summed E-state index contributed by atoms with van der Waals surface area (Å²) in [7, 11) is 0. The molecule has 3 rings (SSSR count). The van der Waals surface area contributed by atoms with Crippen LogP contribution in [-0.2, 0) is 6.54 Å². The number of hydrogen-bond donors (Lipinski definition) is 0. The van der Waals surface area contributed by atoms with Gasteiger partial charge in [-0.2, -0.15) is 9.50 Å². The molecule has 5 nitrogen and oxygen atoms in total. The Kier molecular flexibility index (Phi) is 2.50. The Morgan fingerprint density at radius 1 is 1.39 bits per heavy atom. The van der Waals surface area contributed by atoms with Crippen LogP contribution >= 0.6 is 0 Å². The average molecular weight is 246 g/mol. The summed E-state index contributed by atoms with van der Waals surface area (Å²) in [5.74, 6) is 2.35. The topological polar surface area (TPSA) is 52.2 Å². The summed E-state index contributed by atoms with van der Waals surface area (Å²) < 4.78 is 3.58. The third-order valence-corrected chi connectivity index (χ3v) is 3.50. The Labute approximate surface area is 105 Å². The summed E-state index contributed by atoms with van der Waals surface area (Å²) in [4.78, 5) is 21.1. The summed E-state index contributed by atoms with van der Waals surface area (Å²) in [5, 5.41) is 0. The van der Waals surface area contributed by atoms with Crippen LogP contribution in [0.5, 0.6) is 0 Å². The molecule has 0 unspecified atom stereocenters. The largest absolute Gasteiger partial charge is 0.274 e. The zero-order chi connectivity index (χ0) is 12.9. The molecule has 0 atom stereocenters. The number of aryl methyl sites for hydroxylation is 1. The lowest BCUT2D eigenvalue weighted by Crippen LogP contribution is -2.23. The maximum atomic E-state index is 12.2. The summed E-state index contributed by atoms with van der Waals surface area (Å²) in [5.41, 5.74) is 0.793. The van der Waals surface area contributed by atoms with E-state index >= 15 is 0 Å². The SMILES string of the molecule is Cc1nc2nc(C(C)C)cc(=O)n2n1CC1CC1. The summed E-state index contributed by atoms with van der Waals surface area (Å²) in [6, 6.07) is 1.63. The number of hydrogen-bond acceptors (Lipinski definition) is 3. The van der Waals surface area contributed by atoms with Crippen LogP contribution in [0.15, 0.2) is 10.9 Å². The summed E-state index contributed by atoms with van der Waals surface area (Å²) >= 11 is 0. The maximum absolute atomic E-state index is 12.2. The zero-order valence-electron chi connectivity index (χ0n) is 11.1. The van der Waals surface area contributed by atoms with E-state index in [0.29, 0.717) is 11.7 Å². The Balaban J connectivity index is 2.19. The molecule has 1 fully saturated rings. The highest BCUT2D eigenvalue weighted by atomic mass is 16.1. The van der Waals surface area contributed by atoms with Gasteiger partial charge in [0.1, 0.15) is 5.82 Å². The predicted octanol–water partition coefficient (Wildman–Crippen LogP) is 1.73. The Bertz CT molecular complexity index is 649. The van der Waals surface area contributed by atoms with Gasteiger partial charge in [0.2, 0.25) is 0 Å². The standard InChI is InChI=1S/C13H18N4O/c1-8(2)11-6-12(18)17-13(15-11)14-9(3)16(17)7-10-4-5-10/h6,8,10H,4-5,7H2,1-3H3. The van der Waals surface area contributed by atoms with Crippen molar-refractivity contribution in [2.45, 2.75) is 46.1 Å². The van der Waals surface area contributed by atoms with Gasteiger partial charge in [-0.1, -0.05) is 13.8 Å². The van der Waals surface area contributed by atoms with Crippen LogP contribution in [0.25, 0.3) is 5.78 Å². The highest BCUT2D eigenvalue weighted by Gasteiger charge is 2.24. The first-order chi connectivity index (χ1) is 8.56. The zero-order valence-corrected chi connectivity index (χ0v) is 11.1. The van der Waals surface area contributed by atoms with Crippen LogP contribution in [0.4, 0.5) is 0 Å². The second-order valence-electron chi connectivity index (χ2n) is 5.47. The van der Waals surface area contributed by atoms with Gasteiger partial charge in [-0.25, -0.2) is 4.98 Å². The van der Waals surface area contributed by atoms with Crippen molar-refractivity contribution in [2.24, 2.45) is 5.92 Å². The monoisotopic (exact) mass is 246 g/mol. The van der Waals surface area contributed by atoms with Crippen molar-refractivity contribution in [1.82, 2.24) is 19.2 Å². The van der Waals surface area contributed by atoms with Crippen LogP contribution in [0.1, 0.15) is 44.1 Å². The highest BCUT2D eigenvalue weighted by Crippen LogP contribution is 2.30. The molecule has 0 spiro atoms. The van der Waals surface area contributed by atoms with Crippen LogP contribution in [0.2, 0.25) is 0 Å². The molecule has 0 N–H and O–H groups in total. The van der Waals surface area contributed by atoms with Crippen molar-refractivity contribution in [3.05, 3.63) is 27.9 Å². The third-order valence-electron chi connectivity index (χ3n) is 3.50. The Morgan fingerprint density at radius 2 is 2.11 bits per heavy atom. The average Bonchev–Trinajstić information content (AvgIpc) is 3.04. The van der Waals surface area contributed by atoms with Gasteiger partial charge in [-0.05, 0) is 31.6 Å². The van der Waals surface area contributed by atoms with Crippen molar-refractivity contribution in [2.75, 3.05) is 0 Å². The van der Waals surface area contributed by atoms with Gasteiger partial charge in [-0.15, -0.1) is 0 Å². The predicted molar refractivity (Wildman–Crippen MR) is 68.8 cm³/mol. The minimum atomic E-state index is -0.0232. The van der Waals surface area contributed by atoms with E-state index in [1.807, 2.05) is 25.5 Å². The second-order valence-corrected chi connectivity index (χ2v) is 5.47. The fourth-order valence-electron chi connectivity index (χ4n) is 2.18. The van der Waals surface area contributed by atoms with E-state index in [0.717, 1.165) is 18.1 Å². The molecule has 0 aliphatic heterocycles. The van der Waals surface area contributed by atoms with Gasteiger partial charge in [-0.3, -0.25) is 9.48 Å². The van der Waals surface area contributed by atoms with Gasteiger partial charge in [0.05, 0.1) is 5.69 Å². The molecule has 0 saturated heterocycles. The molecule has 18 heavy (non-hydrogen) atoms. The molecule has 2 aromatic rings. The lowest BCUT2D eigenvalue weighted by Gasteiger charge is -2.07. The van der Waals surface area contributed by atoms with Gasteiger partial charge >= 0.3 is 0 Å². The van der Waals surface area contributed by atoms with Gasteiger partial charge in [0, 0.05) is 12.6 Å². The number of rotatable bonds is 3. The molecule has 1 aliphatic rings. The van der Waals surface area contributed by atoms with Crippen LogP contribution in [0, 0.1) is 12.8 Å². The number of fused-ring (bicyclic) bond motifs is 1. The van der Waals surface area contributed by atoms with Gasteiger partial charge in [0.25, 0.3) is 11.3 Å². The van der Waals surface area contributed by atoms with E-state index in [2.05, 4.69) is 9.97 Å². The lowest BCUT2D eigenvalue weighted by molar-refractivity contribution is 0.509. The first kappa shape index (κ1) is 11.4. The first-order valence-corrected chi connectivity index (χ1v) is 6.53. The molecule has 1 aliphatic carbocycles. The molecular formula is C13H18N4O. The van der Waals surface area contributed by atoms with E-state index in [1.165, 1.54) is 12.8 Å². The first-order valence-electron chi connectivity index (χ1n) is 6.53. The van der Waals surface area contributed by atoms with E-state index in [9.17, 15) is 4.79 Å². The molecule has 2 aromatic heterocycles. The molecule has 1 saturated carbocycles. The molecule has 96 valence electrons. The molecule has 0 radical (unpaired) electrons. The van der Waals surface area contributed by atoms with Crippen molar-refractivity contribution in [3.8, 4) is 0 Å². The number of aromatic nitrogens is 4. The van der Waals surface area contributed by atoms with E-state index in [4.69, 9.17) is 0 Å². The molecule has 5 heteroatoms. The highest BCUT2D eigenvalue weighted by molar-refractivity contribution is 5.29. The fraction of sp³-hybridized carbons (Fsp3) is 0.615. The van der Waals surface area contributed by atoms with Crippen molar-refractivity contribution in [1.29, 1.82) is 0 Å². The van der Waals surface area contributed by atoms with Crippen molar-refractivity contribution in [3.63, 3.8) is 0 Å². The van der Waals surface area contributed by atoms with Crippen molar-refractivity contribution >= 4 is 5.78 Å². The minimum Gasteiger partial charge on any atom is -0.267 e. The molecular weight excluding hydrogens is 228 g/mol. The van der Waals surface area contributed by atoms with Crippen LogP contribution < -0.4 is 5.56 Å². The van der Waals surface area contributed by atoms with Crippen LogP contribution in [-0.4, -0.2) is 19.2 Å². The third kappa shape index (κ3) is 1.83. The Hall–Kier alpha value is -1.65. The van der Waals surface area contributed by atoms with Gasteiger partial charge < -0.3 is 0 Å². The van der Waals surface area contributed by atoms with Gasteiger partial charge in [0.15, 0.2) is 0 Å². The fourth-order valence-corrected chi connectivity index (χ4v) is 2.18. The molecule has 2 heterocycles. The van der Waals surface area contributed by atoms with E-state index in [1.54, 1.807) is 10.6 Å². The molecule has 0 amide bonds. The molecule has 0 aromatic carbocycles. The quantitative estimate of drug-likeness (QED) is 0.828. The smallest absolute Gasteiger partial charge is 0.267 e. The minimum absolute atomic E-state index is 0.0232. The number of nitrogens with zero attached hydrogens (tertiary/aromatic N) is 4. The maximum Gasteiger partial charge on any atom is 0.274 e. The summed E-state index contributed by atoms with van der Waals surface area (Å²) in [6.45, 7) is 6.88. The normalized spacial score (nSPS) is 15.8. The van der Waals surface area contributed by atoms with E-state index in [-0.39, 0.29) is 11.5 Å². The van der Waals surface area contributed by atoms with E-state index < -0.39 is 0 Å². The lowest BCUT2D eigenvalue weighted by atomic mass is 10.1. The van der Waals surface area contributed by atoms with Crippen LogP contribution in [0.3, 0.4) is 0 Å². The van der Waals surface area contributed by atoms with Crippen molar-refractivity contribution < 1.29 is 0 Å².